The Morgan fingerprint density at radius 3 is 2.08 bits per heavy atom. The third-order valence-corrected chi connectivity index (χ3v) is 6.98. The molecule has 7 heteroatoms. The van der Waals surface area contributed by atoms with Crippen LogP contribution in [-0.4, -0.2) is 69.1 Å². The van der Waals surface area contributed by atoms with Crippen molar-refractivity contribution in [1.29, 1.82) is 0 Å². The van der Waals surface area contributed by atoms with Gasteiger partial charge in [-0.2, -0.15) is 17.0 Å². The molecule has 146 valence electrons. The lowest BCUT2D eigenvalue weighted by Crippen LogP contribution is -2.44. The molecule has 0 spiro atoms. The number of carbonyl (C=O) groups excluding carboxylic acids is 1. The van der Waals surface area contributed by atoms with Gasteiger partial charge in [-0.05, 0) is 42.7 Å². The fourth-order valence-electron chi connectivity index (χ4n) is 3.23. The molecular formula is C19H31N3O3S. The minimum Gasteiger partial charge on any atom is -0.349 e. The van der Waals surface area contributed by atoms with Crippen LogP contribution in [0, 0.1) is 5.92 Å². The third-order valence-electron chi connectivity index (χ3n) is 5.03. The zero-order valence-electron chi connectivity index (χ0n) is 16.3. The first kappa shape index (κ1) is 20.9. The van der Waals surface area contributed by atoms with E-state index in [-0.39, 0.29) is 5.91 Å². The Morgan fingerprint density at radius 1 is 1.04 bits per heavy atom. The van der Waals surface area contributed by atoms with Gasteiger partial charge in [-0.3, -0.25) is 4.79 Å². The fraction of sp³-hybridized carbons (Fsp3) is 0.632. The van der Waals surface area contributed by atoms with Crippen LogP contribution in [0.4, 0.5) is 0 Å². The van der Waals surface area contributed by atoms with Gasteiger partial charge in [0.05, 0.1) is 0 Å². The summed E-state index contributed by atoms with van der Waals surface area (Å²) >= 11 is 0. The van der Waals surface area contributed by atoms with Crippen molar-refractivity contribution in [1.82, 2.24) is 13.5 Å². The van der Waals surface area contributed by atoms with Crippen molar-refractivity contribution in [2.75, 3.05) is 41.3 Å². The number of amides is 1. The van der Waals surface area contributed by atoms with Crippen molar-refractivity contribution in [3.05, 3.63) is 35.4 Å². The van der Waals surface area contributed by atoms with Crippen LogP contribution in [0.5, 0.6) is 0 Å². The van der Waals surface area contributed by atoms with Crippen LogP contribution in [0.2, 0.25) is 0 Å². The van der Waals surface area contributed by atoms with E-state index in [2.05, 4.69) is 24.3 Å². The molecule has 1 amide bonds. The van der Waals surface area contributed by atoms with Gasteiger partial charge in [0.15, 0.2) is 0 Å². The molecule has 0 N–H and O–H groups in total. The quantitative estimate of drug-likeness (QED) is 0.723. The van der Waals surface area contributed by atoms with Gasteiger partial charge in [0.2, 0.25) is 5.91 Å². The second kappa shape index (κ2) is 8.97. The molecule has 1 saturated heterocycles. The Bertz CT molecular complexity index is 691. The average Bonchev–Trinajstić information content (AvgIpc) is 2.61. The molecule has 0 unspecified atom stereocenters. The summed E-state index contributed by atoms with van der Waals surface area (Å²) in [7, 11) is 3.43. The van der Waals surface area contributed by atoms with E-state index in [1.807, 2.05) is 0 Å². The van der Waals surface area contributed by atoms with Crippen LogP contribution in [0.25, 0.3) is 0 Å². The molecule has 1 aromatic rings. The number of nitrogens with zero attached hydrogens (tertiary/aromatic N) is 3. The Balaban J connectivity index is 1.82. The predicted molar refractivity (Wildman–Crippen MR) is 104 cm³/mol. The van der Waals surface area contributed by atoms with Crippen molar-refractivity contribution in [3.8, 4) is 0 Å². The van der Waals surface area contributed by atoms with Crippen molar-refractivity contribution >= 4 is 16.1 Å². The zero-order chi connectivity index (χ0) is 19.3. The minimum absolute atomic E-state index is 0.147. The standard InChI is InChI=1S/C19H31N3O3S/c1-20(2)19(23)10-9-16-5-7-17(8-6-16)15-18-11-13-22(14-12-18)26(24,25)21(3)4/h5-8,18H,9-15H2,1-4H3. The Labute approximate surface area is 158 Å². The highest BCUT2D eigenvalue weighted by Gasteiger charge is 2.29. The normalized spacial score (nSPS) is 16.8. The van der Waals surface area contributed by atoms with Crippen LogP contribution in [0.3, 0.4) is 0 Å². The van der Waals surface area contributed by atoms with Gasteiger partial charge in [0.25, 0.3) is 10.2 Å². The van der Waals surface area contributed by atoms with E-state index in [0.717, 1.165) is 25.7 Å². The molecule has 0 atom stereocenters. The first-order chi connectivity index (χ1) is 12.2. The van der Waals surface area contributed by atoms with E-state index in [1.165, 1.54) is 15.4 Å². The summed E-state index contributed by atoms with van der Waals surface area (Å²) in [6, 6.07) is 8.48. The Morgan fingerprint density at radius 2 is 1.58 bits per heavy atom. The predicted octanol–water partition coefficient (Wildman–Crippen LogP) is 1.77. The number of rotatable bonds is 7. The molecule has 1 aliphatic heterocycles. The van der Waals surface area contributed by atoms with Gasteiger partial charge < -0.3 is 4.90 Å². The smallest absolute Gasteiger partial charge is 0.281 e. The van der Waals surface area contributed by atoms with Crippen LogP contribution in [-0.2, 0) is 27.8 Å². The highest BCUT2D eigenvalue weighted by Crippen LogP contribution is 2.24. The monoisotopic (exact) mass is 381 g/mol. The maximum absolute atomic E-state index is 12.2. The van der Waals surface area contributed by atoms with E-state index in [1.54, 1.807) is 37.4 Å². The molecular weight excluding hydrogens is 350 g/mol. The SMILES string of the molecule is CN(C)C(=O)CCc1ccc(CC2CCN(S(=O)(=O)N(C)C)CC2)cc1. The molecule has 6 nitrogen and oxygen atoms in total. The summed E-state index contributed by atoms with van der Waals surface area (Å²) in [5, 5.41) is 0. The number of hydrogen-bond donors (Lipinski definition) is 0. The largest absolute Gasteiger partial charge is 0.349 e. The molecule has 26 heavy (non-hydrogen) atoms. The highest BCUT2D eigenvalue weighted by molar-refractivity contribution is 7.86. The fourth-order valence-corrected chi connectivity index (χ4v) is 4.36. The first-order valence-electron chi connectivity index (χ1n) is 9.15. The summed E-state index contributed by atoms with van der Waals surface area (Å²) in [5.41, 5.74) is 2.46. The van der Waals surface area contributed by atoms with Crippen molar-refractivity contribution in [2.24, 2.45) is 5.92 Å². The van der Waals surface area contributed by atoms with Crippen LogP contribution in [0.1, 0.15) is 30.4 Å². The van der Waals surface area contributed by atoms with Gasteiger partial charge in [-0.25, -0.2) is 0 Å². The maximum atomic E-state index is 12.2. The number of aryl methyl sites for hydroxylation is 1. The topological polar surface area (TPSA) is 60.9 Å². The second-order valence-electron chi connectivity index (χ2n) is 7.44. The van der Waals surface area contributed by atoms with Gasteiger partial charge >= 0.3 is 0 Å². The maximum Gasteiger partial charge on any atom is 0.281 e. The number of piperidine rings is 1. The molecule has 2 rings (SSSR count). The lowest BCUT2D eigenvalue weighted by atomic mass is 9.90. The van der Waals surface area contributed by atoms with E-state index >= 15 is 0 Å². The van der Waals surface area contributed by atoms with Gasteiger partial charge in [-0.1, -0.05) is 24.3 Å². The highest BCUT2D eigenvalue weighted by atomic mass is 32.2. The average molecular weight is 382 g/mol. The number of hydrogen-bond acceptors (Lipinski definition) is 3. The van der Waals surface area contributed by atoms with E-state index in [0.29, 0.717) is 25.4 Å². The summed E-state index contributed by atoms with van der Waals surface area (Å²) in [6.07, 6.45) is 4.06. The molecule has 1 aliphatic rings. The molecule has 0 radical (unpaired) electrons. The zero-order valence-corrected chi connectivity index (χ0v) is 17.1. The summed E-state index contributed by atoms with van der Waals surface area (Å²) in [5.74, 6) is 0.665. The molecule has 0 saturated carbocycles. The number of benzene rings is 1. The molecule has 1 aromatic carbocycles. The third kappa shape index (κ3) is 5.53. The minimum atomic E-state index is -3.29. The molecule has 1 fully saturated rings. The van der Waals surface area contributed by atoms with E-state index in [4.69, 9.17) is 0 Å². The van der Waals surface area contributed by atoms with Crippen molar-refractivity contribution < 1.29 is 13.2 Å². The summed E-state index contributed by atoms with van der Waals surface area (Å²) in [4.78, 5) is 13.3. The van der Waals surface area contributed by atoms with Gasteiger partial charge in [0.1, 0.15) is 0 Å². The van der Waals surface area contributed by atoms with Gasteiger partial charge in [0, 0.05) is 47.7 Å². The number of carbonyl (C=O) groups is 1. The van der Waals surface area contributed by atoms with Crippen LogP contribution >= 0.6 is 0 Å². The summed E-state index contributed by atoms with van der Waals surface area (Å²) in [6.45, 7) is 1.19. The lowest BCUT2D eigenvalue weighted by molar-refractivity contribution is -0.128. The van der Waals surface area contributed by atoms with Crippen molar-refractivity contribution in [3.63, 3.8) is 0 Å². The Hall–Kier alpha value is -1.44. The summed E-state index contributed by atoms with van der Waals surface area (Å²) < 4.78 is 27.2. The molecule has 0 aliphatic carbocycles. The van der Waals surface area contributed by atoms with Crippen LogP contribution in [0.15, 0.2) is 24.3 Å². The van der Waals surface area contributed by atoms with E-state index < -0.39 is 10.2 Å². The first-order valence-corrected chi connectivity index (χ1v) is 10.6. The molecule has 1 heterocycles. The molecule has 0 aromatic heterocycles. The van der Waals surface area contributed by atoms with Crippen molar-refractivity contribution in [2.45, 2.75) is 32.1 Å². The van der Waals surface area contributed by atoms with E-state index in [9.17, 15) is 13.2 Å². The second-order valence-corrected chi connectivity index (χ2v) is 9.58. The molecule has 0 bridgehead atoms. The lowest BCUT2D eigenvalue weighted by Gasteiger charge is -2.32. The van der Waals surface area contributed by atoms with Gasteiger partial charge in [-0.15, -0.1) is 0 Å². The Kier molecular flexibility index (Phi) is 7.20. The van der Waals surface area contributed by atoms with Crippen LogP contribution < -0.4 is 0 Å².